The maximum Gasteiger partial charge on any atom is 0.209 e. The first-order valence-electron chi connectivity index (χ1n) is 12.2. The van der Waals surface area contributed by atoms with Crippen LogP contribution in [-0.4, -0.2) is 29.4 Å². The van der Waals surface area contributed by atoms with Crippen LogP contribution in [0.15, 0.2) is 109 Å². The second kappa shape index (κ2) is 9.72. The van der Waals surface area contributed by atoms with Gasteiger partial charge in [0.25, 0.3) is 0 Å². The first kappa shape index (κ1) is 22.7. The lowest BCUT2D eigenvalue weighted by Gasteiger charge is -2.17. The summed E-state index contributed by atoms with van der Waals surface area (Å²) in [5, 5.41) is 19.9. The molecule has 7 heteroatoms. The summed E-state index contributed by atoms with van der Waals surface area (Å²) in [6.45, 7) is 2.56. The predicted octanol–water partition coefficient (Wildman–Crippen LogP) is 5.80. The molecular weight excluding hydrogens is 460 g/mol. The number of nitrogens with zero attached hydrogens (tertiary/aromatic N) is 5. The Morgan fingerprint density at radius 1 is 0.838 bits per heavy atom. The van der Waals surface area contributed by atoms with Crippen molar-refractivity contribution in [3.05, 3.63) is 132 Å². The SMILES string of the molecule is Cc1nn(-c2ccccc2)c(Nc2nc3ccccc3n2Cc2ccccc2)c1[C@H](O)c1ccncc1. The van der Waals surface area contributed by atoms with Crippen LogP contribution in [-0.2, 0) is 6.54 Å². The van der Waals surface area contributed by atoms with E-state index in [1.54, 1.807) is 12.4 Å². The summed E-state index contributed by atoms with van der Waals surface area (Å²) < 4.78 is 3.99. The van der Waals surface area contributed by atoms with Crippen molar-refractivity contribution in [1.29, 1.82) is 0 Å². The van der Waals surface area contributed by atoms with Crippen LogP contribution in [0.4, 0.5) is 11.8 Å². The van der Waals surface area contributed by atoms with Crippen molar-refractivity contribution in [1.82, 2.24) is 24.3 Å². The van der Waals surface area contributed by atoms with Crippen LogP contribution in [0.5, 0.6) is 0 Å². The van der Waals surface area contributed by atoms with Gasteiger partial charge < -0.3 is 15.0 Å². The van der Waals surface area contributed by atoms with Gasteiger partial charge in [0.1, 0.15) is 11.9 Å². The molecular formula is C30H26N6O. The Kier molecular flexibility index (Phi) is 5.96. The third-order valence-electron chi connectivity index (χ3n) is 6.47. The highest BCUT2D eigenvalue weighted by Crippen LogP contribution is 2.35. The van der Waals surface area contributed by atoms with Gasteiger partial charge in [0.15, 0.2) is 0 Å². The monoisotopic (exact) mass is 486 g/mol. The Morgan fingerprint density at radius 3 is 2.27 bits per heavy atom. The zero-order valence-corrected chi connectivity index (χ0v) is 20.4. The van der Waals surface area contributed by atoms with Crippen LogP contribution in [0.25, 0.3) is 16.7 Å². The maximum absolute atomic E-state index is 11.5. The molecule has 2 N–H and O–H groups in total. The third-order valence-corrected chi connectivity index (χ3v) is 6.47. The summed E-state index contributed by atoms with van der Waals surface area (Å²) in [6.07, 6.45) is 2.47. The van der Waals surface area contributed by atoms with Crippen LogP contribution in [0.1, 0.15) is 28.5 Å². The highest BCUT2D eigenvalue weighted by molar-refractivity contribution is 5.80. The van der Waals surface area contributed by atoms with Crippen molar-refractivity contribution < 1.29 is 5.11 Å². The van der Waals surface area contributed by atoms with E-state index in [4.69, 9.17) is 10.1 Å². The second-order valence-corrected chi connectivity index (χ2v) is 8.90. The fraction of sp³-hybridized carbons (Fsp3) is 0.100. The van der Waals surface area contributed by atoms with Crippen LogP contribution < -0.4 is 5.32 Å². The van der Waals surface area contributed by atoms with Crippen LogP contribution >= 0.6 is 0 Å². The minimum Gasteiger partial charge on any atom is -0.383 e. The Balaban J connectivity index is 1.52. The first-order chi connectivity index (χ1) is 18.2. The van der Waals surface area contributed by atoms with E-state index in [0.29, 0.717) is 23.9 Å². The summed E-state index contributed by atoms with van der Waals surface area (Å²) in [7, 11) is 0. The summed E-state index contributed by atoms with van der Waals surface area (Å²) >= 11 is 0. The molecule has 0 spiro atoms. The van der Waals surface area contributed by atoms with E-state index in [1.165, 1.54) is 5.56 Å². The number of nitrogens with one attached hydrogen (secondary N) is 1. The molecule has 0 fully saturated rings. The summed E-state index contributed by atoms with van der Waals surface area (Å²) in [5.74, 6) is 1.34. The fourth-order valence-electron chi connectivity index (χ4n) is 4.66. The van der Waals surface area contributed by atoms with E-state index in [-0.39, 0.29) is 0 Å². The molecule has 0 saturated heterocycles. The number of hydrogen-bond acceptors (Lipinski definition) is 5. The second-order valence-electron chi connectivity index (χ2n) is 8.90. The summed E-state index contributed by atoms with van der Waals surface area (Å²) in [4.78, 5) is 9.04. The number of rotatable bonds is 7. The molecule has 3 aromatic carbocycles. The highest BCUT2D eigenvalue weighted by Gasteiger charge is 2.25. The molecule has 0 aliphatic carbocycles. The molecule has 37 heavy (non-hydrogen) atoms. The lowest BCUT2D eigenvalue weighted by Crippen LogP contribution is -2.11. The molecule has 6 aromatic rings. The molecule has 0 aliphatic rings. The zero-order valence-electron chi connectivity index (χ0n) is 20.4. The van der Waals surface area contributed by atoms with Gasteiger partial charge in [-0.15, -0.1) is 0 Å². The quantitative estimate of drug-likeness (QED) is 0.298. The molecule has 0 unspecified atom stereocenters. The minimum atomic E-state index is -0.894. The Labute approximate surface area is 214 Å². The number of aliphatic hydroxyl groups is 1. The molecule has 0 radical (unpaired) electrons. The number of hydrogen-bond donors (Lipinski definition) is 2. The van der Waals surface area contributed by atoms with Crippen molar-refractivity contribution in [3.8, 4) is 5.69 Å². The predicted molar refractivity (Wildman–Crippen MR) is 145 cm³/mol. The number of aryl methyl sites for hydroxylation is 1. The van der Waals surface area contributed by atoms with Crippen LogP contribution in [0.2, 0.25) is 0 Å². The van der Waals surface area contributed by atoms with E-state index >= 15 is 0 Å². The van der Waals surface area contributed by atoms with Crippen LogP contribution in [0, 0.1) is 6.92 Å². The number of anilines is 2. The molecule has 1 atom stereocenters. The zero-order chi connectivity index (χ0) is 25.2. The fourth-order valence-corrected chi connectivity index (χ4v) is 4.66. The van der Waals surface area contributed by atoms with Crippen molar-refractivity contribution in [2.75, 3.05) is 5.32 Å². The Hall–Kier alpha value is -4.75. The highest BCUT2D eigenvalue weighted by atomic mass is 16.3. The number of fused-ring (bicyclic) bond motifs is 1. The maximum atomic E-state index is 11.5. The van der Waals surface area contributed by atoms with Gasteiger partial charge >= 0.3 is 0 Å². The average Bonchev–Trinajstić information content (AvgIpc) is 3.46. The van der Waals surface area contributed by atoms with Crippen molar-refractivity contribution in [2.24, 2.45) is 0 Å². The van der Waals surface area contributed by atoms with Crippen molar-refractivity contribution in [3.63, 3.8) is 0 Å². The lowest BCUT2D eigenvalue weighted by molar-refractivity contribution is 0.220. The van der Waals surface area contributed by atoms with Gasteiger partial charge in [-0.3, -0.25) is 4.98 Å². The van der Waals surface area contributed by atoms with Gasteiger partial charge in [0.05, 0.1) is 34.5 Å². The summed E-state index contributed by atoms with van der Waals surface area (Å²) in [6, 6.07) is 31.9. The van der Waals surface area contributed by atoms with Crippen molar-refractivity contribution in [2.45, 2.75) is 19.6 Å². The van der Waals surface area contributed by atoms with E-state index in [0.717, 1.165) is 28.0 Å². The number of benzene rings is 3. The van der Waals surface area contributed by atoms with E-state index in [2.05, 4.69) is 33.1 Å². The lowest BCUT2D eigenvalue weighted by atomic mass is 10.0. The van der Waals surface area contributed by atoms with E-state index in [1.807, 2.05) is 90.5 Å². The molecule has 0 bridgehead atoms. The number of pyridine rings is 1. The van der Waals surface area contributed by atoms with Gasteiger partial charge in [-0.2, -0.15) is 5.10 Å². The van der Waals surface area contributed by atoms with E-state index < -0.39 is 6.10 Å². The van der Waals surface area contributed by atoms with Crippen molar-refractivity contribution >= 4 is 22.8 Å². The average molecular weight is 487 g/mol. The summed E-state index contributed by atoms with van der Waals surface area (Å²) in [5.41, 5.74) is 6.11. The topological polar surface area (TPSA) is 80.8 Å². The number of imidazole rings is 1. The van der Waals surface area contributed by atoms with E-state index in [9.17, 15) is 5.11 Å². The Morgan fingerprint density at radius 2 is 1.51 bits per heavy atom. The van der Waals surface area contributed by atoms with Gasteiger partial charge in [-0.05, 0) is 54.4 Å². The molecule has 0 aliphatic heterocycles. The smallest absolute Gasteiger partial charge is 0.209 e. The molecule has 0 amide bonds. The number of aliphatic hydroxyl groups excluding tert-OH is 1. The molecule has 3 aromatic heterocycles. The molecule has 7 nitrogen and oxygen atoms in total. The first-order valence-corrected chi connectivity index (χ1v) is 12.2. The minimum absolute atomic E-state index is 0.643. The largest absolute Gasteiger partial charge is 0.383 e. The standard InChI is InChI=1S/C30H26N6O/c1-21-27(28(37)23-16-18-31-19-17-23)29(36(34-21)24-12-6-3-7-13-24)33-30-32-25-14-8-9-15-26(25)35(30)20-22-10-4-2-5-11-22/h2-19,28,37H,20H2,1H3,(H,32,33)/t28-/m1/s1. The number of aromatic nitrogens is 5. The Bertz CT molecular complexity index is 1640. The van der Waals surface area contributed by atoms with Gasteiger partial charge in [0.2, 0.25) is 5.95 Å². The van der Waals surface area contributed by atoms with Gasteiger partial charge in [0, 0.05) is 12.4 Å². The number of para-hydroxylation sites is 3. The molecule has 6 rings (SSSR count). The van der Waals surface area contributed by atoms with Gasteiger partial charge in [-0.1, -0.05) is 60.7 Å². The normalized spacial score (nSPS) is 12.1. The molecule has 3 heterocycles. The molecule has 182 valence electrons. The van der Waals surface area contributed by atoms with Crippen LogP contribution in [0.3, 0.4) is 0 Å². The van der Waals surface area contributed by atoms with Gasteiger partial charge in [-0.25, -0.2) is 9.67 Å². The molecule has 0 saturated carbocycles. The third kappa shape index (κ3) is 4.37.